The Hall–Kier alpha value is -0.970. The minimum atomic E-state index is -0.720. The number of rotatable bonds is 4. The van der Waals surface area contributed by atoms with Crippen LogP contribution in [0.5, 0.6) is 0 Å². The molecule has 12 heavy (non-hydrogen) atoms. The lowest BCUT2D eigenvalue weighted by Crippen LogP contribution is -2.46. The second-order valence-corrected chi connectivity index (χ2v) is 2.25. The van der Waals surface area contributed by atoms with E-state index in [1.54, 1.807) is 0 Å². The van der Waals surface area contributed by atoms with Gasteiger partial charge in [-0.3, -0.25) is 4.79 Å². The third kappa shape index (κ3) is 5.79. The molecule has 0 aliphatic heterocycles. The Morgan fingerprint density at radius 1 is 1.42 bits per heavy atom. The van der Waals surface area contributed by atoms with E-state index in [1.165, 1.54) is 0 Å². The van der Waals surface area contributed by atoms with Gasteiger partial charge in [0.1, 0.15) is 6.04 Å². The molecule has 0 aromatic rings. The molecular formula is C6H14ClN3O2. The van der Waals surface area contributed by atoms with Gasteiger partial charge in [-0.25, -0.2) is 4.79 Å². The summed E-state index contributed by atoms with van der Waals surface area (Å²) in [6.07, 6.45) is 1.30. The van der Waals surface area contributed by atoms with Crippen molar-refractivity contribution in [2.45, 2.75) is 25.8 Å². The van der Waals surface area contributed by atoms with Gasteiger partial charge in [0, 0.05) is 0 Å². The molecule has 0 aliphatic rings. The maximum Gasteiger partial charge on any atom is 0.312 e. The number of nitrogens with two attached hydrogens (primary N) is 2. The number of nitrogens with one attached hydrogen (secondary N) is 1. The second kappa shape index (κ2) is 6.72. The summed E-state index contributed by atoms with van der Waals surface area (Å²) in [6.45, 7) is 1.89. The molecule has 0 aromatic heterocycles. The van der Waals surface area contributed by atoms with E-state index in [2.05, 4.69) is 5.32 Å². The molecule has 0 saturated heterocycles. The normalized spacial score (nSPS) is 11.1. The van der Waals surface area contributed by atoms with Crippen LogP contribution in [0.3, 0.4) is 0 Å². The maximum atomic E-state index is 10.6. The summed E-state index contributed by atoms with van der Waals surface area (Å²) >= 11 is 0. The fourth-order valence-electron chi connectivity index (χ4n) is 0.746. The highest BCUT2D eigenvalue weighted by atomic mass is 35.5. The number of carbonyl (C=O) groups is 2. The molecule has 0 bridgehead atoms. The van der Waals surface area contributed by atoms with Crippen LogP contribution in [0.15, 0.2) is 0 Å². The zero-order chi connectivity index (χ0) is 8.85. The lowest BCUT2D eigenvalue weighted by molar-refractivity contribution is -0.119. The van der Waals surface area contributed by atoms with E-state index < -0.39 is 18.0 Å². The van der Waals surface area contributed by atoms with Crippen LogP contribution in [0.2, 0.25) is 0 Å². The van der Waals surface area contributed by atoms with Crippen molar-refractivity contribution in [3.05, 3.63) is 0 Å². The van der Waals surface area contributed by atoms with E-state index in [0.29, 0.717) is 6.42 Å². The van der Waals surface area contributed by atoms with Gasteiger partial charge < -0.3 is 16.8 Å². The van der Waals surface area contributed by atoms with Gasteiger partial charge in [0.25, 0.3) is 0 Å². The van der Waals surface area contributed by atoms with Gasteiger partial charge >= 0.3 is 6.03 Å². The molecule has 1 unspecified atom stereocenters. The first-order valence-corrected chi connectivity index (χ1v) is 3.43. The van der Waals surface area contributed by atoms with E-state index in [1.807, 2.05) is 6.92 Å². The van der Waals surface area contributed by atoms with Crippen LogP contribution in [0.25, 0.3) is 0 Å². The third-order valence-corrected chi connectivity index (χ3v) is 1.24. The molecule has 0 fully saturated rings. The molecule has 3 amide bonds. The summed E-state index contributed by atoms with van der Waals surface area (Å²) in [6, 6.07) is -1.35. The lowest BCUT2D eigenvalue weighted by Gasteiger charge is -2.11. The van der Waals surface area contributed by atoms with Gasteiger partial charge in [0.2, 0.25) is 5.91 Å². The Morgan fingerprint density at radius 3 is 2.17 bits per heavy atom. The molecule has 72 valence electrons. The van der Waals surface area contributed by atoms with Gasteiger partial charge in [-0.15, -0.1) is 12.4 Å². The van der Waals surface area contributed by atoms with Crippen LogP contribution in [-0.2, 0) is 4.79 Å². The largest absolute Gasteiger partial charge is 0.368 e. The second-order valence-electron chi connectivity index (χ2n) is 2.25. The zero-order valence-electron chi connectivity index (χ0n) is 6.87. The Balaban J connectivity index is 0. The van der Waals surface area contributed by atoms with Crippen LogP contribution in [0, 0.1) is 0 Å². The number of hydrogen-bond donors (Lipinski definition) is 3. The van der Waals surface area contributed by atoms with Crippen molar-refractivity contribution < 1.29 is 9.59 Å². The minimum Gasteiger partial charge on any atom is -0.368 e. The molecule has 6 heteroatoms. The predicted molar refractivity (Wildman–Crippen MR) is 47.9 cm³/mol. The highest BCUT2D eigenvalue weighted by Crippen LogP contribution is 1.94. The SMILES string of the molecule is CCCC(NC(N)=O)C(N)=O.Cl. The third-order valence-electron chi connectivity index (χ3n) is 1.24. The van der Waals surface area contributed by atoms with Gasteiger partial charge in [0.15, 0.2) is 0 Å². The molecule has 0 spiro atoms. The van der Waals surface area contributed by atoms with Gasteiger partial charge in [-0.1, -0.05) is 13.3 Å². The van der Waals surface area contributed by atoms with Gasteiger partial charge in [-0.2, -0.15) is 0 Å². The van der Waals surface area contributed by atoms with Crippen LogP contribution in [-0.4, -0.2) is 18.0 Å². The minimum absolute atomic E-state index is 0. The summed E-state index contributed by atoms with van der Waals surface area (Å²) < 4.78 is 0. The molecule has 5 N–H and O–H groups in total. The van der Waals surface area contributed by atoms with E-state index in [0.717, 1.165) is 6.42 Å². The molecule has 0 saturated carbocycles. The molecule has 0 aromatic carbocycles. The lowest BCUT2D eigenvalue weighted by atomic mass is 10.1. The number of urea groups is 1. The van der Waals surface area contributed by atoms with E-state index >= 15 is 0 Å². The van der Waals surface area contributed by atoms with Crippen LogP contribution in [0.4, 0.5) is 4.79 Å². The first-order valence-electron chi connectivity index (χ1n) is 3.43. The summed E-state index contributed by atoms with van der Waals surface area (Å²) in [7, 11) is 0. The molecule has 1 atom stereocenters. The average Bonchev–Trinajstić information content (AvgIpc) is 1.86. The van der Waals surface area contributed by atoms with E-state index in [9.17, 15) is 9.59 Å². The van der Waals surface area contributed by atoms with Crippen LogP contribution < -0.4 is 16.8 Å². The fourth-order valence-corrected chi connectivity index (χ4v) is 0.746. The van der Waals surface area contributed by atoms with E-state index in [4.69, 9.17) is 11.5 Å². The molecular weight excluding hydrogens is 182 g/mol. The molecule has 0 rings (SSSR count). The highest BCUT2D eigenvalue weighted by molar-refractivity contribution is 5.85. The molecule has 5 nitrogen and oxygen atoms in total. The topological polar surface area (TPSA) is 98.2 Å². The number of halogens is 1. The van der Waals surface area contributed by atoms with Gasteiger partial charge in [0.05, 0.1) is 0 Å². The first-order chi connectivity index (χ1) is 5.07. The smallest absolute Gasteiger partial charge is 0.312 e. The van der Waals surface area contributed by atoms with Crippen LogP contribution >= 0.6 is 12.4 Å². The Labute approximate surface area is 77.3 Å². The van der Waals surface area contributed by atoms with Gasteiger partial charge in [-0.05, 0) is 6.42 Å². The van der Waals surface area contributed by atoms with Crippen molar-refractivity contribution in [2.24, 2.45) is 11.5 Å². The summed E-state index contributed by atoms with van der Waals surface area (Å²) in [5.41, 5.74) is 9.77. The highest BCUT2D eigenvalue weighted by Gasteiger charge is 2.14. The number of hydrogen-bond acceptors (Lipinski definition) is 2. The fraction of sp³-hybridized carbons (Fsp3) is 0.667. The molecule has 0 radical (unpaired) electrons. The van der Waals surface area contributed by atoms with Crippen molar-refractivity contribution in [1.29, 1.82) is 0 Å². The Bertz CT molecular complexity index is 163. The van der Waals surface area contributed by atoms with E-state index in [-0.39, 0.29) is 12.4 Å². The predicted octanol–water partition coefficient (Wildman–Crippen LogP) is -0.270. The quantitative estimate of drug-likeness (QED) is 0.576. The summed E-state index contributed by atoms with van der Waals surface area (Å²) in [5, 5.41) is 2.24. The Kier molecular flexibility index (Phi) is 7.62. The maximum absolute atomic E-state index is 10.6. The number of carbonyl (C=O) groups excluding carboxylic acids is 2. The number of amides is 3. The van der Waals surface area contributed by atoms with Crippen molar-refractivity contribution in [3.8, 4) is 0 Å². The van der Waals surface area contributed by atoms with Crippen molar-refractivity contribution in [2.75, 3.05) is 0 Å². The zero-order valence-corrected chi connectivity index (χ0v) is 7.69. The number of primary amides is 2. The average molecular weight is 196 g/mol. The Morgan fingerprint density at radius 2 is 1.92 bits per heavy atom. The van der Waals surface area contributed by atoms with Crippen LogP contribution in [0.1, 0.15) is 19.8 Å². The standard InChI is InChI=1S/C6H13N3O2.ClH/c1-2-3-4(5(7)10)9-6(8)11;/h4H,2-3H2,1H3,(H2,7,10)(H3,8,9,11);1H. The molecule has 0 heterocycles. The van der Waals surface area contributed by atoms with Crippen molar-refractivity contribution >= 4 is 24.3 Å². The first kappa shape index (κ1) is 13.6. The van der Waals surface area contributed by atoms with Crippen molar-refractivity contribution in [3.63, 3.8) is 0 Å². The molecule has 0 aliphatic carbocycles. The monoisotopic (exact) mass is 195 g/mol. The summed E-state index contributed by atoms with van der Waals surface area (Å²) in [4.78, 5) is 20.9. The van der Waals surface area contributed by atoms with Crippen molar-refractivity contribution in [1.82, 2.24) is 5.32 Å². The summed E-state index contributed by atoms with van der Waals surface area (Å²) in [5.74, 6) is -0.550.